The van der Waals surface area contributed by atoms with Crippen LogP contribution in [0, 0.1) is 6.92 Å². The van der Waals surface area contributed by atoms with Gasteiger partial charge < -0.3 is 14.7 Å². The molecule has 3 heteroatoms. The minimum absolute atomic E-state index is 0.0318. The van der Waals surface area contributed by atoms with E-state index in [1.165, 1.54) is 11.3 Å². The molecule has 0 saturated carbocycles. The first-order valence-electron chi connectivity index (χ1n) is 7.40. The average Bonchev–Trinajstić information content (AvgIpc) is 2.52. The molecule has 0 bridgehead atoms. The number of hydrogen-bond acceptors (Lipinski definition) is 3. The maximum absolute atomic E-state index is 8.80. The highest BCUT2D eigenvalue weighted by atomic mass is 16.5. The Kier molecular flexibility index (Phi) is 5.61. The van der Waals surface area contributed by atoms with Crippen molar-refractivity contribution in [3.8, 4) is 5.75 Å². The van der Waals surface area contributed by atoms with E-state index >= 15 is 0 Å². The molecule has 0 saturated heterocycles. The maximum atomic E-state index is 8.80. The van der Waals surface area contributed by atoms with Gasteiger partial charge in [0, 0.05) is 19.8 Å². The molecule has 0 aliphatic heterocycles. The van der Waals surface area contributed by atoms with E-state index in [2.05, 4.69) is 47.4 Å². The van der Waals surface area contributed by atoms with Crippen molar-refractivity contribution in [3.63, 3.8) is 0 Å². The van der Waals surface area contributed by atoms with Crippen molar-refractivity contribution in [1.29, 1.82) is 0 Å². The van der Waals surface area contributed by atoms with E-state index in [0.29, 0.717) is 6.61 Å². The van der Waals surface area contributed by atoms with Gasteiger partial charge >= 0.3 is 0 Å². The molecule has 0 radical (unpaired) electrons. The highest BCUT2D eigenvalue weighted by molar-refractivity contribution is 5.71. The summed E-state index contributed by atoms with van der Waals surface area (Å²) >= 11 is 0. The number of aliphatic hydroxyl groups excluding tert-OH is 1. The number of rotatable bonds is 6. The van der Waals surface area contributed by atoms with Gasteiger partial charge in [0.2, 0.25) is 0 Å². The van der Waals surface area contributed by atoms with Crippen molar-refractivity contribution in [1.82, 2.24) is 0 Å². The molecule has 2 rings (SSSR count). The van der Waals surface area contributed by atoms with Crippen LogP contribution in [0.4, 0.5) is 5.69 Å². The fourth-order valence-electron chi connectivity index (χ4n) is 2.17. The van der Waals surface area contributed by atoms with Crippen molar-refractivity contribution >= 4 is 17.8 Å². The van der Waals surface area contributed by atoms with Gasteiger partial charge in [-0.2, -0.15) is 0 Å². The summed E-state index contributed by atoms with van der Waals surface area (Å²) in [6, 6.07) is 14.5. The normalized spacial score (nSPS) is 10.9. The minimum atomic E-state index is 0.0318. The lowest BCUT2D eigenvalue weighted by Gasteiger charge is -2.11. The first kappa shape index (κ1) is 16.1. The Hall–Kier alpha value is -2.26. The molecule has 2 aromatic rings. The van der Waals surface area contributed by atoms with Crippen LogP contribution in [-0.4, -0.2) is 32.4 Å². The second-order valence-electron chi connectivity index (χ2n) is 5.42. The summed E-state index contributed by atoms with van der Waals surface area (Å²) in [4.78, 5) is 2.09. The zero-order chi connectivity index (χ0) is 15.9. The van der Waals surface area contributed by atoms with E-state index in [1.807, 2.05) is 33.2 Å². The van der Waals surface area contributed by atoms with Crippen LogP contribution in [0.5, 0.6) is 5.75 Å². The standard InChI is InChI=1S/C19H23NO2/c1-15-14-17(8-11-19(15)22-13-12-21)5-4-16-6-9-18(10-7-16)20(2)3/h4-11,14,21H,12-13H2,1-3H3/b5-4+. The number of ether oxygens (including phenoxy) is 1. The third kappa shape index (κ3) is 4.37. The van der Waals surface area contributed by atoms with Gasteiger partial charge in [-0.05, 0) is 47.9 Å². The smallest absolute Gasteiger partial charge is 0.122 e. The molecular weight excluding hydrogens is 274 g/mol. The summed E-state index contributed by atoms with van der Waals surface area (Å²) in [5, 5.41) is 8.80. The van der Waals surface area contributed by atoms with Gasteiger partial charge in [-0.15, -0.1) is 0 Å². The molecule has 0 amide bonds. The first-order chi connectivity index (χ1) is 10.6. The van der Waals surface area contributed by atoms with Crippen molar-refractivity contribution in [2.45, 2.75) is 6.92 Å². The Bertz CT molecular complexity index is 630. The summed E-state index contributed by atoms with van der Waals surface area (Å²) in [5.41, 5.74) is 4.56. The number of nitrogens with zero attached hydrogens (tertiary/aromatic N) is 1. The van der Waals surface area contributed by atoms with Crippen molar-refractivity contribution < 1.29 is 9.84 Å². The van der Waals surface area contributed by atoms with Gasteiger partial charge in [-0.25, -0.2) is 0 Å². The molecule has 0 unspecified atom stereocenters. The van der Waals surface area contributed by atoms with Crippen LogP contribution in [0.3, 0.4) is 0 Å². The molecule has 0 spiro atoms. The lowest BCUT2D eigenvalue weighted by Crippen LogP contribution is -2.07. The Morgan fingerprint density at radius 1 is 1.00 bits per heavy atom. The van der Waals surface area contributed by atoms with Crippen molar-refractivity contribution in [2.24, 2.45) is 0 Å². The molecule has 0 atom stereocenters. The van der Waals surface area contributed by atoms with Crippen LogP contribution in [-0.2, 0) is 0 Å². The second-order valence-corrected chi connectivity index (χ2v) is 5.42. The molecule has 1 N–H and O–H groups in total. The van der Waals surface area contributed by atoms with Crippen LogP contribution in [0.1, 0.15) is 16.7 Å². The number of hydrogen-bond donors (Lipinski definition) is 1. The molecular formula is C19H23NO2. The van der Waals surface area contributed by atoms with E-state index in [0.717, 1.165) is 16.9 Å². The predicted molar refractivity (Wildman–Crippen MR) is 93.5 cm³/mol. The quantitative estimate of drug-likeness (QED) is 0.827. The SMILES string of the molecule is Cc1cc(/C=C/c2ccc(N(C)C)cc2)ccc1OCCO. The zero-order valence-electron chi connectivity index (χ0n) is 13.4. The third-order valence-electron chi connectivity index (χ3n) is 3.43. The molecule has 0 aromatic heterocycles. The minimum Gasteiger partial charge on any atom is -0.491 e. The summed E-state index contributed by atoms with van der Waals surface area (Å²) in [6.45, 7) is 2.37. The fourth-order valence-corrected chi connectivity index (χ4v) is 2.17. The molecule has 0 aliphatic rings. The van der Waals surface area contributed by atoms with Crippen LogP contribution in [0.25, 0.3) is 12.2 Å². The monoisotopic (exact) mass is 297 g/mol. The largest absolute Gasteiger partial charge is 0.491 e. The van der Waals surface area contributed by atoms with Crippen LogP contribution in [0.15, 0.2) is 42.5 Å². The van der Waals surface area contributed by atoms with Crippen LogP contribution in [0.2, 0.25) is 0 Å². The van der Waals surface area contributed by atoms with Gasteiger partial charge in [0.1, 0.15) is 12.4 Å². The van der Waals surface area contributed by atoms with Gasteiger partial charge in [0.15, 0.2) is 0 Å². The maximum Gasteiger partial charge on any atom is 0.122 e. The lowest BCUT2D eigenvalue weighted by atomic mass is 10.1. The molecule has 0 aliphatic carbocycles. The Morgan fingerprint density at radius 3 is 2.23 bits per heavy atom. The molecule has 3 nitrogen and oxygen atoms in total. The van der Waals surface area contributed by atoms with Gasteiger partial charge in [-0.3, -0.25) is 0 Å². The lowest BCUT2D eigenvalue weighted by molar-refractivity contribution is 0.200. The van der Waals surface area contributed by atoms with E-state index in [1.54, 1.807) is 0 Å². The Labute approximate surface area is 132 Å². The van der Waals surface area contributed by atoms with Crippen molar-refractivity contribution in [3.05, 3.63) is 59.2 Å². The fraction of sp³-hybridized carbons (Fsp3) is 0.263. The number of aliphatic hydroxyl groups is 1. The topological polar surface area (TPSA) is 32.7 Å². The zero-order valence-corrected chi connectivity index (χ0v) is 13.4. The highest BCUT2D eigenvalue weighted by Gasteiger charge is 1.99. The number of anilines is 1. The molecule has 0 fully saturated rings. The first-order valence-corrected chi connectivity index (χ1v) is 7.40. The van der Waals surface area contributed by atoms with E-state index in [4.69, 9.17) is 9.84 Å². The summed E-state index contributed by atoms with van der Waals surface area (Å²) < 4.78 is 5.46. The van der Waals surface area contributed by atoms with E-state index in [9.17, 15) is 0 Å². The van der Waals surface area contributed by atoms with Crippen LogP contribution >= 0.6 is 0 Å². The second kappa shape index (κ2) is 7.66. The Balaban J connectivity index is 2.07. The third-order valence-corrected chi connectivity index (χ3v) is 3.43. The van der Waals surface area contributed by atoms with E-state index < -0.39 is 0 Å². The number of aryl methyl sites for hydroxylation is 1. The summed E-state index contributed by atoms with van der Waals surface area (Å²) in [6.07, 6.45) is 4.19. The summed E-state index contributed by atoms with van der Waals surface area (Å²) in [5.74, 6) is 0.821. The van der Waals surface area contributed by atoms with Crippen molar-refractivity contribution in [2.75, 3.05) is 32.2 Å². The van der Waals surface area contributed by atoms with Crippen LogP contribution < -0.4 is 9.64 Å². The summed E-state index contributed by atoms with van der Waals surface area (Å²) in [7, 11) is 4.07. The Morgan fingerprint density at radius 2 is 1.64 bits per heavy atom. The molecule has 2 aromatic carbocycles. The molecule has 116 valence electrons. The van der Waals surface area contributed by atoms with Gasteiger partial charge in [-0.1, -0.05) is 30.4 Å². The van der Waals surface area contributed by atoms with E-state index in [-0.39, 0.29) is 6.61 Å². The number of benzene rings is 2. The van der Waals surface area contributed by atoms with Gasteiger partial charge in [0.05, 0.1) is 6.61 Å². The molecule has 0 heterocycles. The average molecular weight is 297 g/mol. The van der Waals surface area contributed by atoms with Gasteiger partial charge in [0.25, 0.3) is 0 Å². The predicted octanol–water partition coefficient (Wildman–Crippen LogP) is 3.60. The highest BCUT2D eigenvalue weighted by Crippen LogP contribution is 2.21. The molecule has 22 heavy (non-hydrogen) atoms.